The number of hydrogen-bond acceptors (Lipinski definition) is 5. The molecule has 1 amide bonds. The maximum atomic E-state index is 12.9. The van der Waals surface area contributed by atoms with Gasteiger partial charge in [0.05, 0.1) is 41.6 Å². The molecule has 1 aliphatic rings. The van der Waals surface area contributed by atoms with Gasteiger partial charge in [0.15, 0.2) is 0 Å². The van der Waals surface area contributed by atoms with E-state index in [1.165, 1.54) is 13.2 Å². The van der Waals surface area contributed by atoms with Crippen molar-refractivity contribution in [1.82, 2.24) is 14.7 Å². The zero-order chi connectivity index (χ0) is 27.9. The molecule has 0 radical (unpaired) electrons. The summed E-state index contributed by atoms with van der Waals surface area (Å²) in [6.45, 7) is 10.4. The number of ether oxygens (including phenoxy) is 2. The molecule has 1 aromatic heterocycles. The number of likely N-dealkylation sites (tertiary alicyclic amines) is 1. The van der Waals surface area contributed by atoms with Crippen molar-refractivity contribution >= 4 is 17.5 Å². The third-order valence-electron chi connectivity index (χ3n) is 6.06. The first-order chi connectivity index (χ1) is 18.0. The Morgan fingerprint density at radius 1 is 1.16 bits per heavy atom. The fourth-order valence-electron chi connectivity index (χ4n) is 3.84. The average Bonchev–Trinajstić information content (AvgIpc) is 3.55. The second-order valence-corrected chi connectivity index (χ2v) is 8.66. The van der Waals surface area contributed by atoms with Gasteiger partial charge in [-0.15, -0.1) is 0 Å². The standard InChI is InChI=1S/C28H31F3N4O3/c1-6-23(28(29,30)31)14-9-19(2)38-18-25-24(17-32-34(25)4)26(37-5)33-20(3)21-10-12-22(13-11-21)27(36)35-15-7-8-16-35/h6,9-14,17H,1,3,7-8,15-16,18H2,2,4-5H3/b19-9+,23-14+,33-26?. The van der Waals surface area contributed by atoms with Crippen molar-refractivity contribution in [2.24, 2.45) is 12.0 Å². The number of aryl methyl sites for hydroxylation is 1. The lowest BCUT2D eigenvalue weighted by atomic mass is 10.1. The van der Waals surface area contributed by atoms with Crippen LogP contribution in [0, 0.1) is 0 Å². The van der Waals surface area contributed by atoms with Gasteiger partial charge in [-0.1, -0.05) is 31.4 Å². The first-order valence-corrected chi connectivity index (χ1v) is 12.0. The van der Waals surface area contributed by atoms with Crippen LogP contribution >= 0.6 is 0 Å². The molecule has 1 saturated heterocycles. The minimum absolute atomic E-state index is 0.0135. The maximum Gasteiger partial charge on any atom is 0.416 e. The summed E-state index contributed by atoms with van der Waals surface area (Å²) in [4.78, 5) is 19.0. The van der Waals surface area contributed by atoms with Gasteiger partial charge in [0.1, 0.15) is 6.61 Å². The van der Waals surface area contributed by atoms with E-state index in [0.29, 0.717) is 28.1 Å². The molecule has 1 aromatic carbocycles. The molecule has 2 aromatic rings. The van der Waals surface area contributed by atoms with Crippen molar-refractivity contribution < 1.29 is 27.4 Å². The van der Waals surface area contributed by atoms with Crippen LogP contribution in [0.15, 0.2) is 78.2 Å². The second-order valence-electron chi connectivity index (χ2n) is 8.66. The Labute approximate surface area is 220 Å². The smallest absolute Gasteiger partial charge is 0.416 e. The molecule has 7 nitrogen and oxygen atoms in total. The summed E-state index contributed by atoms with van der Waals surface area (Å²) in [6.07, 6.45) is 1.99. The van der Waals surface area contributed by atoms with Crippen LogP contribution in [0.5, 0.6) is 0 Å². The van der Waals surface area contributed by atoms with Gasteiger partial charge < -0.3 is 14.4 Å². The molecule has 1 fully saturated rings. The quantitative estimate of drug-likeness (QED) is 0.178. The first-order valence-electron chi connectivity index (χ1n) is 12.0. The first kappa shape index (κ1) is 28.5. The van der Waals surface area contributed by atoms with Gasteiger partial charge in [-0.25, -0.2) is 4.99 Å². The van der Waals surface area contributed by atoms with Crippen LogP contribution in [0.25, 0.3) is 5.70 Å². The summed E-state index contributed by atoms with van der Waals surface area (Å²) in [7, 11) is 3.17. The van der Waals surface area contributed by atoms with Gasteiger partial charge in [0.25, 0.3) is 5.91 Å². The Kier molecular flexibility index (Phi) is 9.33. The maximum absolute atomic E-state index is 12.9. The number of carbonyl (C=O) groups excluding carboxylic acids is 1. The summed E-state index contributed by atoms with van der Waals surface area (Å²) in [5.41, 5.74) is 2.02. The fourth-order valence-corrected chi connectivity index (χ4v) is 3.84. The lowest BCUT2D eigenvalue weighted by Crippen LogP contribution is -2.27. The molecule has 1 aliphatic heterocycles. The highest BCUT2D eigenvalue weighted by atomic mass is 19.4. The topological polar surface area (TPSA) is 68.9 Å². The number of carbonyl (C=O) groups is 1. The van der Waals surface area contributed by atoms with E-state index in [9.17, 15) is 18.0 Å². The number of amides is 1. The summed E-state index contributed by atoms with van der Waals surface area (Å²) in [6, 6.07) is 7.09. The summed E-state index contributed by atoms with van der Waals surface area (Å²) >= 11 is 0. The predicted octanol–water partition coefficient (Wildman–Crippen LogP) is 5.82. The van der Waals surface area contributed by atoms with Crippen molar-refractivity contribution in [3.8, 4) is 0 Å². The molecule has 0 saturated carbocycles. The fraction of sp³-hybridized carbons (Fsp3) is 0.321. The van der Waals surface area contributed by atoms with Gasteiger partial charge in [-0.3, -0.25) is 9.48 Å². The van der Waals surface area contributed by atoms with Crippen molar-refractivity contribution in [2.45, 2.75) is 32.5 Å². The van der Waals surface area contributed by atoms with E-state index in [1.54, 1.807) is 49.1 Å². The van der Waals surface area contributed by atoms with E-state index in [-0.39, 0.29) is 24.2 Å². The average molecular weight is 529 g/mol. The molecule has 2 heterocycles. The number of benzene rings is 1. The molecule has 0 unspecified atom stereocenters. The Morgan fingerprint density at radius 3 is 2.37 bits per heavy atom. The Morgan fingerprint density at radius 2 is 1.79 bits per heavy atom. The molecule has 0 bridgehead atoms. The molecule has 202 valence electrons. The Bertz CT molecular complexity index is 1270. The molecule has 0 N–H and O–H groups in total. The normalized spacial score (nSPS) is 15.0. The van der Waals surface area contributed by atoms with E-state index < -0.39 is 11.7 Å². The van der Waals surface area contributed by atoms with Gasteiger partial charge >= 0.3 is 6.18 Å². The molecule has 0 spiro atoms. The highest BCUT2D eigenvalue weighted by molar-refractivity contribution is 5.98. The van der Waals surface area contributed by atoms with Crippen molar-refractivity contribution in [2.75, 3.05) is 20.2 Å². The lowest BCUT2D eigenvalue weighted by molar-refractivity contribution is -0.0881. The molecule has 38 heavy (non-hydrogen) atoms. The van der Waals surface area contributed by atoms with Gasteiger partial charge in [-0.2, -0.15) is 18.3 Å². The lowest BCUT2D eigenvalue weighted by Gasteiger charge is -2.15. The van der Waals surface area contributed by atoms with E-state index >= 15 is 0 Å². The summed E-state index contributed by atoms with van der Waals surface area (Å²) < 4.78 is 51.4. The molecular weight excluding hydrogens is 497 g/mol. The van der Waals surface area contributed by atoms with Crippen molar-refractivity contribution in [1.29, 1.82) is 0 Å². The van der Waals surface area contributed by atoms with Crippen LogP contribution in [-0.4, -0.2) is 52.9 Å². The second kappa shape index (κ2) is 12.4. The largest absolute Gasteiger partial charge is 0.492 e. The van der Waals surface area contributed by atoms with Crippen LogP contribution in [-0.2, 0) is 23.1 Å². The number of hydrogen-bond donors (Lipinski definition) is 0. The number of alkyl halides is 3. The third kappa shape index (κ3) is 7.02. The van der Waals surface area contributed by atoms with E-state index in [1.807, 2.05) is 4.90 Å². The zero-order valence-corrected chi connectivity index (χ0v) is 21.7. The van der Waals surface area contributed by atoms with E-state index in [4.69, 9.17) is 9.47 Å². The van der Waals surface area contributed by atoms with Crippen LogP contribution in [0.3, 0.4) is 0 Å². The number of allylic oxidation sites excluding steroid dienone is 5. The molecule has 10 heteroatoms. The van der Waals surface area contributed by atoms with Crippen molar-refractivity contribution in [3.63, 3.8) is 0 Å². The Balaban J connectivity index is 1.75. The molecule has 0 aliphatic carbocycles. The van der Waals surface area contributed by atoms with E-state index in [2.05, 4.69) is 23.2 Å². The van der Waals surface area contributed by atoms with Crippen LogP contribution < -0.4 is 0 Å². The van der Waals surface area contributed by atoms with Crippen LogP contribution in [0.2, 0.25) is 0 Å². The number of methoxy groups -OCH3 is 1. The number of aromatic nitrogens is 2. The monoisotopic (exact) mass is 528 g/mol. The zero-order valence-electron chi connectivity index (χ0n) is 21.7. The van der Waals surface area contributed by atoms with Gasteiger partial charge in [-0.05, 0) is 49.6 Å². The SMILES string of the molecule is C=C/C(=C\C=C(/C)OCc1c(C(=NC(=C)c2ccc(C(=O)N3CCCC3)cc2)OC)cnn1C)C(F)(F)F. The number of halogens is 3. The molecular formula is C28H31F3N4O3. The molecule has 0 atom stereocenters. The number of aliphatic imine (C=N–C) groups is 1. The van der Waals surface area contributed by atoms with Crippen LogP contribution in [0.4, 0.5) is 13.2 Å². The van der Waals surface area contributed by atoms with Gasteiger partial charge in [0.2, 0.25) is 5.90 Å². The van der Waals surface area contributed by atoms with Gasteiger partial charge in [0, 0.05) is 25.7 Å². The Hall–Kier alpha value is -4.08. The summed E-state index contributed by atoms with van der Waals surface area (Å²) in [5.74, 6) is 0.524. The highest BCUT2D eigenvalue weighted by Crippen LogP contribution is 2.26. The predicted molar refractivity (Wildman–Crippen MR) is 140 cm³/mol. The number of nitrogens with zero attached hydrogens (tertiary/aromatic N) is 4. The highest BCUT2D eigenvalue weighted by Gasteiger charge is 2.30. The minimum atomic E-state index is -4.50. The van der Waals surface area contributed by atoms with E-state index in [0.717, 1.165) is 38.1 Å². The minimum Gasteiger partial charge on any atom is -0.492 e. The third-order valence-corrected chi connectivity index (χ3v) is 6.06. The molecule has 3 rings (SSSR count). The van der Waals surface area contributed by atoms with Crippen molar-refractivity contribution in [3.05, 3.63) is 95.6 Å². The summed E-state index contributed by atoms with van der Waals surface area (Å²) in [5, 5.41) is 4.24. The van der Waals surface area contributed by atoms with Crippen LogP contribution in [0.1, 0.15) is 46.9 Å². The number of rotatable bonds is 9.